The fourth-order valence-corrected chi connectivity index (χ4v) is 3.85. The molecule has 6 heteroatoms. The lowest BCUT2D eigenvalue weighted by molar-refractivity contribution is 0.578. The van der Waals surface area contributed by atoms with Gasteiger partial charge in [0.05, 0.1) is 12.0 Å². The average Bonchev–Trinajstić information content (AvgIpc) is 3.40. The smallest absolute Gasteiger partial charge is 0.187 e. The third-order valence-corrected chi connectivity index (χ3v) is 5.21. The van der Waals surface area contributed by atoms with Crippen LogP contribution < -0.4 is 0 Å². The van der Waals surface area contributed by atoms with E-state index in [9.17, 15) is 4.39 Å². The van der Waals surface area contributed by atoms with Gasteiger partial charge in [-0.15, -0.1) is 5.10 Å². The van der Waals surface area contributed by atoms with Crippen molar-refractivity contribution in [3.8, 4) is 17.1 Å². The molecule has 0 atom stereocenters. The minimum atomic E-state index is -0.183. The van der Waals surface area contributed by atoms with Crippen LogP contribution in [0, 0.1) is 5.82 Å². The zero-order chi connectivity index (χ0) is 17.5. The molecule has 4 aromatic rings. The van der Waals surface area contributed by atoms with Crippen LogP contribution in [-0.2, 0) is 0 Å². The molecule has 26 heavy (non-hydrogen) atoms. The second-order valence-corrected chi connectivity index (χ2v) is 6.77. The Bertz CT molecular complexity index is 1080. The molecular weight excluding hydrogens is 331 g/mol. The molecule has 5 nitrogen and oxygen atoms in total. The van der Waals surface area contributed by atoms with E-state index in [1.165, 1.54) is 18.9 Å². The van der Waals surface area contributed by atoms with Crippen LogP contribution in [0.1, 0.15) is 37.2 Å². The molecule has 1 saturated carbocycles. The van der Waals surface area contributed by atoms with E-state index < -0.39 is 0 Å². The van der Waals surface area contributed by atoms with Gasteiger partial charge in [-0.05, 0) is 59.0 Å². The monoisotopic (exact) mass is 348 g/mol. The molecule has 2 heterocycles. The Balaban J connectivity index is 1.55. The second kappa shape index (κ2) is 6.05. The number of aromatic nitrogens is 4. The summed E-state index contributed by atoms with van der Waals surface area (Å²) in [6.45, 7) is 0. The van der Waals surface area contributed by atoms with Gasteiger partial charge >= 0.3 is 0 Å². The molecule has 5 rings (SSSR count). The maximum atomic E-state index is 14.7. The first kappa shape index (κ1) is 15.3. The minimum absolute atomic E-state index is 0.183. The Hall–Kier alpha value is -3.02. The molecule has 0 unspecified atom stereocenters. The van der Waals surface area contributed by atoms with Crippen LogP contribution in [0.4, 0.5) is 4.39 Å². The lowest BCUT2D eigenvalue weighted by Crippen LogP contribution is -2.03. The van der Waals surface area contributed by atoms with E-state index >= 15 is 0 Å². The van der Waals surface area contributed by atoms with Crippen LogP contribution in [0.5, 0.6) is 0 Å². The van der Waals surface area contributed by atoms with Crippen molar-refractivity contribution >= 4 is 11.0 Å². The number of benzene rings is 2. The molecule has 1 aliphatic rings. The molecule has 2 aromatic heterocycles. The van der Waals surface area contributed by atoms with Crippen molar-refractivity contribution in [1.29, 1.82) is 0 Å². The number of hydrogen-bond donors (Lipinski definition) is 0. The van der Waals surface area contributed by atoms with Gasteiger partial charge in [-0.1, -0.05) is 31.0 Å². The molecule has 0 saturated heterocycles. The molecule has 0 N–H and O–H groups in total. The molecular formula is C20H17FN4O. The molecule has 1 aliphatic carbocycles. The van der Waals surface area contributed by atoms with Crippen molar-refractivity contribution in [3.05, 3.63) is 60.1 Å². The summed E-state index contributed by atoms with van der Waals surface area (Å²) in [6.07, 6.45) is 6.14. The summed E-state index contributed by atoms with van der Waals surface area (Å²) in [6, 6.07) is 13.0. The lowest BCUT2D eigenvalue weighted by Gasteiger charge is -2.12. The predicted molar refractivity (Wildman–Crippen MR) is 95.5 cm³/mol. The summed E-state index contributed by atoms with van der Waals surface area (Å²) in [5.74, 6) is 0.701. The summed E-state index contributed by atoms with van der Waals surface area (Å²) < 4.78 is 21.7. The molecule has 2 aromatic carbocycles. The van der Waals surface area contributed by atoms with Crippen molar-refractivity contribution in [2.75, 3.05) is 0 Å². The summed E-state index contributed by atoms with van der Waals surface area (Å²) in [7, 11) is 0. The first-order valence-electron chi connectivity index (χ1n) is 8.85. The Labute approximate surface area is 149 Å². The van der Waals surface area contributed by atoms with E-state index in [4.69, 9.17) is 4.42 Å². The van der Waals surface area contributed by atoms with Gasteiger partial charge in [0.2, 0.25) is 0 Å². The fourth-order valence-electron chi connectivity index (χ4n) is 3.85. The SMILES string of the molecule is Fc1cc(-n2nnnc2-c2ccc3ccoc3c2)ccc1C1CCCC1. The van der Waals surface area contributed by atoms with Gasteiger partial charge in [-0.25, -0.2) is 4.39 Å². The zero-order valence-electron chi connectivity index (χ0n) is 14.1. The number of nitrogens with zero attached hydrogens (tertiary/aromatic N) is 4. The third-order valence-electron chi connectivity index (χ3n) is 5.21. The summed E-state index contributed by atoms with van der Waals surface area (Å²) in [5, 5.41) is 13.0. The summed E-state index contributed by atoms with van der Waals surface area (Å²) in [5.41, 5.74) is 3.00. The van der Waals surface area contributed by atoms with Crippen LogP contribution in [0.15, 0.2) is 53.1 Å². The number of hydrogen-bond acceptors (Lipinski definition) is 4. The standard InChI is InChI=1S/C20H17FN4O/c21-18-12-16(7-8-17(18)13-3-1-2-4-13)25-20(22-23-24-25)15-6-5-14-9-10-26-19(14)11-15/h5-13H,1-4H2. The Morgan fingerprint density at radius 3 is 2.77 bits per heavy atom. The highest BCUT2D eigenvalue weighted by molar-refractivity contribution is 5.81. The van der Waals surface area contributed by atoms with Crippen molar-refractivity contribution in [2.24, 2.45) is 0 Å². The topological polar surface area (TPSA) is 56.7 Å². The number of tetrazole rings is 1. The van der Waals surface area contributed by atoms with Crippen LogP contribution >= 0.6 is 0 Å². The van der Waals surface area contributed by atoms with Gasteiger partial charge in [0.1, 0.15) is 11.4 Å². The van der Waals surface area contributed by atoms with Crippen LogP contribution in [0.25, 0.3) is 28.0 Å². The normalized spacial score (nSPS) is 15.1. The lowest BCUT2D eigenvalue weighted by atomic mass is 9.97. The third kappa shape index (κ3) is 2.49. The van der Waals surface area contributed by atoms with Crippen LogP contribution in [0.2, 0.25) is 0 Å². The second-order valence-electron chi connectivity index (χ2n) is 6.77. The van der Waals surface area contributed by atoms with Gasteiger partial charge < -0.3 is 4.42 Å². The zero-order valence-corrected chi connectivity index (χ0v) is 14.1. The molecule has 0 spiro atoms. The first-order chi connectivity index (χ1) is 12.8. The number of fused-ring (bicyclic) bond motifs is 1. The van der Waals surface area contributed by atoms with E-state index in [2.05, 4.69) is 15.5 Å². The molecule has 0 radical (unpaired) electrons. The van der Waals surface area contributed by atoms with Gasteiger partial charge in [0.25, 0.3) is 0 Å². The molecule has 0 bridgehead atoms. The van der Waals surface area contributed by atoms with E-state index in [0.29, 0.717) is 17.4 Å². The van der Waals surface area contributed by atoms with Crippen LogP contribution in [0.3, 0.4) is 0 Å². The van der Waals surface area contributed by atoms with Crippen molar-refractivity contribution < 1.29 is 8.81 Å². The number of rotatable bonds is 3. The number of halogens is 1. The van der Waals surface area contributed by atoms with E-state index in [1.807, 2.05) is 36.4 Å². The number of furan rings is 1. The Morgan fingerprint density at radius 1 is 1.04 bits per heavy atom. The van der Waals surface area contributed by atoms with Gasteiger partial charge in [-0.3, -0.25) is 0 Å². The van der Waals surface area contributed by atoms with Gasteiger partial charge in [0.15, 0.2) is 5.82 Å². The van der Waals surface area contributed by atoms with Crippen molar-refractivity contribution in [3.63, 3.8) is 0 Å². The highest BCUT2D eigenvalue weighted by Crippen LogP contribution is 2.36. The van der Waals surface area contributed by atoms with Gasteiger partial charge in [-0.2, -0.15) is 4.68 Å². The maximum Gasteiger partial charge on any atom is 0.187 e. The van der Waals surface area contributed by atoms with Crippen LogP contribution in [-0.4, -0.2) is 20.2 Å². The Morgan fingerprint density at radius 2 is 1.92 bits per heavy atom. The minimum Gasteiger partial charge on any atom is -0.464 e. The molecule has 0 aliphatic heterocycles. The summed E-state index contributed by atoms with van der Waals surface area (Å²) >= 11 is 0. The van der Waals surface area contributed by atoms with Crippen molar-refractivity contribution in [1.82, 2.24) is 20.2 Å². The Kier molecular flexibility index (Phi) is 3.55. The van der Waals surface area contributed by atoms with Crippen molar-refractivity contribution in [2.45, 2.75) is 31.6 Å². The molecule has 0 amide bonds. The van der Waals surface area contributed by atoms with E-state index in [-0.39, 0.29) is 5.82 Å². The molecule has 130 valence electrons. The van der Waals surface area contributed by atoms with Gasteiger partial charge in [0, 0.05) is 10.9 Å². The largest absolute Gasteiger partial charge is 0.464 e. The predicted octanol–water partition coefficient (Wildman–Crippen LogP) is 4.87. The van der Waals surface area contributed by atoms with E-state index in [1.54, 1.807) is 10.9 Å². The average molecular weight is 348 g/mol. The highest BCUT2D eigenvalue weighted by atomic mass is 19.1. The highest BCUT2D eigenvalue weighted by Gasteiger charge is 2.21. The first-order valence-corrected chi connectivity index (χ1v) is 8.85. The van der Waals surface area contributed by atoms with E-state index in [0.717, 1.165) is 34.9 Å². The fraction of sp³-hybridized carbons (Fsp3) is 0.250. The molecule has 1 fully saturated rings. The summed E-state index contributed by atoms with van der Waals surface area (Å²) in [4.78, 5) is 0. The quantitative estimate of drug-likeness (QED) is 0.530. The maximum absolute atomic E-state index is 14.7.